The molecule has 0 heterocycles. The Morgan fingerprint density at radius 3 is 2.08 bits per heavy atom. The summed E-state index contributed by atoms with van der Waals surface area (Å²) in [5, 5.41) is 7.37. The third-order valence-electron chi connectivity index (χ3n) is 2.15. The molecule has 0 radical (unpaired) electrons. The van der Waals surface area contributed by atoms with Crippen molar-refractivity contribution in [3.8, 4) is 0 Å². The molecule has 78 valence electrons. The minimum atomic E-state index is 0.226. The minimum Gasteiger partial charge on any atom is -0.370 e. The normalized spacial score (nSPS) is 10.0. The van der Waals surface area contributed by atoms with Crippen molar-refractivity contribution in [1.29, 1.82) is 5.41 Å². The quantitative estimate of drug-likeness (QED) is 0.363. The summed E-state index contributed by atoms with van der Waals surface area (Å²) in [6, 6.07) is 0. The first-order valence-corrected chi connectivity index (χ1v) is 5.31. The van der Waals surface area contributed by atoms with Crippen LogP contribution in [-0.4, -0.2) is 23.9 Å². The molecule has 0 amide bonds. The Labute approximate surface area is 81.8 Å². The van der Waals surface area contributed by atoms with Crippen LogP contribution in [0.3, 0.4) is 0 Å². The van der Waals surface area contributed by atoms with Crippen molar-refractivity contribution < 1.29 is 0 Å². The van der Waals surface area contributed by atoms with Crippen LogP contribution in [0.2, 0.25) is 0 Å². The molecule has 3 N–H and O–H groups in total. The first-order chi connectivity index (χ1) is 6.22. The van der Waals surface area contributed by atoms with Gasteiger partial charge in [-0.1, -0.05) is 33.1 Å². The number of nitrogens with two attached hydrogens (primary N) is 1. The summed E-state index contributed by atoms with van der Waals surface area (Å²) in [6.07, 6.45) is 5.90. The molecule has 0 rings (SSSR count). The SMILES string of the molecule is CCCCCN(CCCC)C(=N)N. The average molecular weight is 185 g/mol. The molecule has 0 aromatic carbocycles. The van der Waals surface area contributed by atoms with Gasteiger partial charge in [-0.25, -0.2) is 0 Å². The second-order valence-corrected chi connectivity index (χ2v) is 3.43. The van der Waals surface area contributed by atoms with Crippen LogP contribution < -0.4 is 5.73 Å². The minimum absolute atomic E-state index is 0.226. The van der Waals surface area contributed by atoms with Crippen LogP contribution >= 0.6 is 0 Å². The Balaban J connectivity index is 3.61. The number of nitrogens with one attached hydrogen (secondary N) is 1. The van der Waals surface area contributed by atoms with Crippen molar-refractivity contribution in [2.24, 2.45) is 5.73 Å². The van der Waals surface area contributed by atoms with E-state index in [0.29, 0.717) is 0 Å². The zero-order valence-electron chi connectivity index (χ0n) is 8.97. The Morgan fingerprint density at radius 1 is 1.08 bits per heavy atom. The lowest BCUT2D eigenvalue weighted by Gasteiger charge is -2.22. The predicted octanol–water partition coefficient (Wildman–Crippen LogP) is 2.17. The molecule has 0 aromatic heterocycles. The monoisotopic (exact) mass is 185 g/mol. The molecule has 0 saturated heterocycles. The van der Waals surface area contributed by atoms with Crippen molar-refractivity contribution in [1.82, 2.24) is 4.90 Å². The second kappa shape index (κ2) is 7.90. The zero-order chi connectivity index (χ0) is 10.1. The number of hydrogen-bond donors (Lipinski definition) is 2. The number of unbranched alkanes of at least 4 members (excludes halogenated alkanes) is 3. The summed E-state index contributed by atoms with van der Waals surface area (Å²) >= 11 is 0. The average Bonchev–Trinajstić information content (AvgIpc) is 2.10. The Kier molecular flexibility index (Phi) is 7.45. The summed E-state index contributed by atoms with van der Waals surface area (Å²) in [7, 11) is 0. The van der Waals surface area contributed by atoms with Crippen molar-refractivity contribution in [3.05, 3.63) is 0 Å². The topological polar surface area (TPSA) is 53.1 Å². The van der Waals surface area contributed by atoms with E-state index in [9.17, 15) is 0 Å². The highest BCUT2D eigenvalue weighted by Crippen LogP contribution is 2.00. The Hall–Kier alpha value is -0.730. The van der Waals surface area contributed by atoms with E-state index in [-0.39, 0.29) is 5.96 Å². The van der Waals surface area contributed by atoms with E-state index in [1.54, 1.807) is 0 Å². The molecule has 0 aromatic rings. The van der Waals surface area contributed by atoms with Crippen LogP contribution in [0, 0.1) is 5.41 Å². The zero-order valence-corrected chi connectivity index (χ0v) is 8.97. The summed E-state index contributed by atoms with van der Waals surface area (Å²) < 4.78 is 0. The van der Waals surface area contributed by atoms with Gasteiger partial charge in [-0.2, -0.15) is 0 Å². The Bertz CT molecular complexity index is 134. The lowest BCUT2D eigenvalue weighted by molar-refractivity contribution is 0.388. The molecular formula is C10H23N3. The van der Waals surface area contributed by atoms with Crippen LogP contribution in [0.1, 0.15) is 46.0 Å². The van der Waals surface area contributed by atoms with Gasteiger partial charge in [-0.05, 0) is 12.8 Å². The lowest BCUT2D eigenvalue weighted by Crippen LogP contribution is -2.37. The van der Waals surface area contributed by atoms with Gasteiger partial charge in [-0.15, -0.1) is 0 Å². The van der Waals surface area contributed by atoms with Gasteiger partial charge in [0.15, 0.2) is 5.96 Å². The van der Waals surface area contributed by atoms with Gasteiger partial charge < -0.3 is 10.6 Å². The van der Waals surface area contributed by atoms with Gasteiger partial charge in [0.05, 0.1) is 0 Å². The van der Waals surface area contributed by atoms with Crippen LogP contribution in [0.4, 0.5) is 0 Å². The summed E-state index contributed by atoms with van der Waals surface area (Å²) in [5.41, 5.74) is 5.47. The van der Waals surface area contributed by atoms with Gasteiger partial charge in [0.1, 0.15) is 0 Å². The molecular weight excluding hydrogens is 162 g/mol. The smallest absolute Gasteiger partial charge is 0.188 e. The third kappa shape index (κ3) is 6.43. The van der Waals surface area contributed by atoms with Gasteiger partial charge >= 0.3 is 0 Å². The lowest BCUT2D eigenvalue weighted by atomic mass is 10.2. The van der Waals surface area contributed by atoms with Crippen molar-refractivity contribution in [2.75, 3.05) is 13.1 Å². The van der Waals surface area contributed by atoms with E-state index in [1.165, 1.54) is 12.8 Å². The van der Waals surface area contributed by atoms with Crippen molar-refractivity contribution >= 4 is 5.96 Å². The number of nitrogens with zero attached hydrogens (tertiary/aromatic N) is 1. The third-order valence-corrected chi connectivity index (χ3v) is 2.15. The van der Waals surface area contributed by atoms with Gasteiger partial charge in [-0.3, -0.25) is 5.41 Å². The first-order valence-electron chi connectivity index (χ1n) is 5.31. The molecule has 3 nitrogen and oxygen atoms in total. The fourth-order valence-electron chi connectivity index (χ4n) is 1.25. The van der Waals surface area contributed by atoms with Crippen molar-refractivity contribution in [2.45, 2.75) is 46.0 Å². The molecule has 0 unspecified atom stereocenters. The molecule has 0 bridgehead atoms. The van der Waals surface area contributed by atoms with E-state index in [0.717, 1.165) is 32.4 Å². The van der Waals surface area contributed by atoms with Gasteiger partial charge in [0.2, 0.25) is 0 Å². The van der Waals surface area contributed by atoms with Crippen LogP contribution in [0.25, 0.3) is 0 Å². The van der Waals surface area contributed by atoms with E-state index in [2.05, 4.69) is 13.8 Å². The van der Waals surface area contributed by atoms with E-state index in [4.69, 9.17) is 11.1 Å². The largest absolute Gasteiger partial charge is 0.370 e. The molecule has 0 saturated carbocycles. The molecule has 3 heteroatoms. The first kappa shape index (κ1) is 12.3. The number of rotatable bonds is 7. The highest BCUT2D eigenvalue weighted by molar-refractivity contribution is 5.74. The van der Waals surface area contributed by atoms with Crippen LogP contribution in [0.15, 0.2) is 0 Å². The standard InChI is InChI=1S/C10H23N3/c1-3-5-7-9-13(10(11)12)8-6-4-2/h3-9H2,1-2H3,(H3,11,12). The fourth-order valence-corrected chi connectivity index (χ4v) is 1.25. The van der Waals surface area contributed by atoms with Crippen LogP contribution in [-0.2, 0) is 0 Å². The van der Waals surface area contributed by atoms with E-state index in [1.807, 2.05) is 4.90 Å². The molecule has 0 fully saturated rings. The summed E-state index contributed by atoms with van der Waals surface area (Å²) in [5.74, 6) is 0.226. The number of hydrogen-bond acceptors (Lipinski definition) is 1. The fraction of sp³-hybridized carbons (Fsp3) is 0.900. The maximum atomic E-state index is 7.37. The second-order valence-electron chi connectivity index (χ2n) is 3.43. The highest BCUT2D eigenvalue weighted by atomic mass is 15.2. The molecule has 0 aliphatic heterocycles. The maximum absolute atomic E-state index is 7.37. The molecule has 0 atom stereocenters. The summed E-state index contributed by atoms with van der Waals surface area (Å²) in [6.45, 7) is 6.23. The maximum Gasteiger partial charge on any atom is 0.188 e. The molecule has 0 aliphatic rings. The van der Waals surface area contributed by atoms with Crippen LogP contribution in [0.5, 0.6) is 0 Å². The Morgan fingerprint density at radius 2 is 1.62 bits per heavy atom. The van der Waals surface area contributed by atoms with Gasteiger partial charge in [0, 0.05) is 13.1 Å². The van der Waals surface area contributed by atoms with Crippen molar-refractivity contribution in [3.63, 3.8) is 0 Å². The molecule has 13 heavy (non-hydrogen) atoms. The summed E-state index contributed by atoms with van der Waals surface area (Å²) in [4.78, 5) is 1.97. The number of guanidine groups is 1. The molecule has 0 spiro atoms. The van der Waals surface area contributed by atoms with Gasteiger partial charge in [0.25, 0.3) is 0 Å². The predicted molar refractivity (Wildman–Crippen MR) is 57.9 cm³/mol. The highest BCUT2D eigenvalue weighted by Gasteiger charge is 2.03. The van der Waals surface area contributed by atoms with E-state index >= 15 is 0 Å². The molecule has 0 aliphatic carbocycles. The van der Waals surface area contributed by atoms with E-state index < -0.39 is 0 Å².